The zero-order valence-corrected chi connectivity index (χ0v) is 10.8. The van der Waals surface area contributed by atoms with Crippen LogP contribution >= 0.6 is 0 Å². The monoisotopic (exact) mass is 229 g/mol. The van der Waals surface area contributed by atoms with E-state index in [-0.39, 0.29) is 0 Å². The van der Waals surface area contributed by atoms with Crippen LogP contribution in [-0.2, 0) is 0 Å². The van der Waals surface area contributed by atoms with Gasteiger partial charge < -0.3 is 5.32 Å². The summed E-state index contributed by atoms with van der Waals surface area (Å²) < 4.78 is 0. The van der Waals surface area contributed by atoms with Crippen LogP contribution in [0, 0.1) is 5.92 Å². The maximum absolute atomic E-state index is 4.15. The van der Waals surface area contributed by atoms with E-state index in [9.17, 15) is 0 Å². The molecule has 1 heteroatoms. The van der Waals surface area contributed by atoms with Crippen LogP contribution in [0.15, 0.2) is 36.9 Å². The average molecular weight is 229 g/mol. The topological polar surface area (TPSA) is 12.0 Å². The quantitative estimate of drug-likeness (QED) is 0.815. The molecule has 17 heavy (non-hydrogen) atoms. The molecule has 1 N–H and O–H groups in total. The van der Waals surface area contributed by atoms with E-state index in [1.807, 2.05) is 6.07 Å². The Kier molecular flexibility index (Phi) is 4.24. The molecule has 0 spiro atoms. The van der Waals surface area contributed by atoms with Crippen LogP contribution in [0.2, 0.25) is 0 Å². The number of nitrogens with one attached hydrogen (secondary N) is 1. The number of hydrogen-bond donors (Lipinski definition) is 1. The van der Waals surface area contributed by atoms with Crippen molar-refractivity contribution in [3.63, 3.8) is 0 Å². The summed E-state index contributed by atoms with van der Waals surface area (Å²) in [6.45, 7) is 6.44. The molecule has 0 amide bonds. The van der Waals surface area contributed by atoms with Gasteiger partial charge in [0.25, 0.3) is 0 Å². The third-order valence-electron chi connectivity index (χ3n) is 3.88. The van der Waals surface area contributed by atoms with E-state index >= 15 is 0 Å². The minimum atomic E-state index is 0.544. The third-order valence-corrected chi connectivity index (χ3v) is 3.88. The molecule has 0 saturated heterocycles. The first-order chi connectivity index (χ1) is 8.27. The summed E-state index contributed by atoms with van der Waals surface area (Å²) in [5, 5.41) is 3.57. The normalized spacial score (nSPS) is 18.6. The summed E-state index contributed by atoms with van der Waals surface area (Å²) in [7, 11) is 0. The SMILES string of the molecule is C=C(N[C@H](C)C1CCCCC1)c1ccccc1. The van der Waals surface area contributed by atoms with E-state index in [1.165, 1.54) is 37.7 Å². The fourth-order valence-corrected chi connectivity index (χ4v) is 2.75. The van der Waals surface area contributed by atoms with Crippen LogP contribution < -0.4 is 5.32 Å². The van der Waals surface area contributed by atoms with Crippen LogP contribution in [-0.4, -0.2) is 6.04 Å². The van der Waals surface area contributed by atoms with Crippen LogP contribution in [0.5, 0.6) is 0 Å². The molecule has 1 atom stereocenters. The van der Waals surface area contributed by atoms with E-state index in [1.54, 1.807) is 0 Å². The van der Waals surface area contributed by atoms with Crippen molar-refractivity contribution in [2.75, 3.05) is 0 Å². The van der Waals surface area contributed by atoms with Gasteiger partial charge in [-0.25, -0.2) is 0 Å². The Morgan fingerprint density at radius 1 is 1.18 bits per heavy atom. The van der Waals surface area contributed by atoms with Gasteiger partial charge in [0, 0.05) is 11.7 Å². The van der Waals surface area contributed by atoms with Gasteiger partial charge >= 0.3 is 0 Å². The summed E-state index contributed by atoms with van der Waals surface area (Å²) in [5.74, 6) is 0.823. The molecule has 0 unspecified atom stereocenters. The maximum atomic E-state index is 4.15. The Balaban J connectivity index is 1.89. The van der Waals surface area contributed by atoms with E-state index in [4.69, 9.17) is 0 Å². The first kappa shape index (κ1) is 12.2. The fourth-order valence-electron chi connectivity index (χ4n) is 2.75. The molecular formula is C16H23N. The lowest BCUT2D eigenvalue weighted by Gasteiger charge is -2.29. The van der Waals surface area contributed by atoms with Gasteiger partial charge in [-0.2, -0.15) is 0 Å². The summed E-state index contributed by atoms with van der Waals surface area (Å²) in [6, 6.07) is 10.9. The van der Waals surface area contributed by atoms with E-state index in [2.05, 4.69) is 43.1 Å². The molecule has 1 saturated carbocycles. The second kappa shape index (κ2) is 5.90. The van der Waals surface area contributed by atoms with E-state index in [0.717, 1.165) is 11.6 Å². The highest BCUT2D eigenvalue weighted by Gasteiger charge is 2.20. The van der Waals surface area contributed by atoms with Crippen LogP contribution in [0.3, 0.4) is 0 Å². The second-order valence-corrected chi connectivity index (χ2v) is 5.18. The Bertz CT molecular complexity index is 349. The molecule has 0 radical (unpaired) electrons. The van der Waals surface area contributed by atoms with Crippen molar-refractivity contribution in [2.24, 2.45) is 5.92 Å². The van der Waals surface area contributed by atoms with Gasteiger partial charge in [0.15, 0.2) is 0 Å². The van der Waals surface area contributed by atoms with Gasteiger partial charge in [-0.05, 0) is 31.2 Å². The van der Waals surface area contributed by atoms with Crippen molar-refractivity contribution in [3.05, 3.63) is 42.5 Å². The van der Waals surface area contributed by atoms with Crippen molar-refractivity contribution in [2.45, 2.75) is 45.1 Å². The first-order valence-electron chi connectivity index (χ1n) is 6.78. The van der Waals surface area contributed by atoms with Crippen LogP contribution in [0.25, 0.3) is 5.70 Å². The number of rotatable bonds is 4. The van der Waals surface area contributed by atoms with Crippen molar-refractivity contribution < 1.29 is 0 Å². The number of benzene rings is 1. The second-order valence-electron chi connectivity index (χ2n) is 5.18. The van der Waals surface area contributed by atoms with Crippen LogP contribution in [0.1, 0.15) is 44.6 Å². The molecule has 92 valence electrons. The Morgan fingerprint density at radius 2 is 1.82 bits per heavy atom. The Labute approximate surface area is 105 Å². The van der Waals surface area contributed by atoms with Crippen molar-refractivity contribution >= 4 is 5.70 Å². The maximum Gasteiger partial charge on any atom is 0.0342 e. The van der Waals surface area contributed by atoms with E-state index < -0.39 is 0 Å². The zero-order chi connectivity index (χ0) is 12.1. The molecule has 1 aliphatic rings. The highest BCUT2D eigenvalue weighted by molar-refractivity contribution is 5.61. The molecule has 1 nitrogen and oxygen atoms in total. The molecule has 0 heterocycles. The first-order valence-corrected chi connectivity index (χ1v) is 6.78. The average Bonchev–Trinajstić information content (AvgIpc) is 2.40. The largest absolute Gasteiger partial charge is 0.382 e. The third kappa shape index (κ3) is 3.36. The Hall–Kier alpha value is -1.24. The minimum Gasteiger partial charge on any atom is -0.382 e. The molecular weight excluding hydrogens is 206 g/mol. The predicted molar refractivity (Wildman–Crippen MR) is 74.6 cm³/mol. The highest BCUT2D eigenvalue weighted by atomic mass is 14.9. The van der Waals surface area contributed by atoms with Gasteiger partial charge in [0.2, 0.25) is 0 Å². The molecule has 0 aliphatic heterocycles. The van der Waals surface area contributed by atoms with Gasteiger partial charge in [-0.3, -0.25) is 0 Å². The number of hydrogen-bond acceptors (Lipinski definition) is 1. The van der Waals surface area contributed by atoms with Crippen molar-refractivity contribution in [1.29, 1.82) is 0 Å². The molecule has 0 aromatic heterocycles. The Morgan fingerprint density at radius 3 is 2.47 bits per heavy atom. The standard InChI is InChI=1S/C16H23N/c1-13(15-9-5-3-6-10-15)17-14(2)16-11-7-4-8-12-16/h3,5-6,9-10,14,16-17H,1,4,7-8,11-12H2,2H3/t14-/m1/s1. The zero-order valence-electron chi connectivity index (χ0n) is 10.8. The van der Waals surface area contributed by atoms with Gasteiger partial charge in [-0.15, -0.1) is 0 Å². The van der Waals surface area contributed by atoms with Crippen molar-refractivity contribution in [3.8, 4) is 0 Å². The fraction of sp³-hybridized carbons (Fsp3) is 0.500. The van der Waals surface area contributed by atoms with Crippen LogP contribution in [0.4, 0.5) is 0 Å². The van der Waals surface area contributed by atoms with Gasteiger partial charge in [0.1, 0.15) is 0 Å². The molecule has 1 fully saturated rings. The van der Waals surface area contributed by atoms with Gasteiger partial charge in [0.05, 0.1) is 0 Å². The molecule has 2 rings (SSSR count). The van der Waals surface area contributed by atoms with Crippen molar-refractivity contribution in [1.82, 2.24) is 5.32 Å². The molecule has 1 aromatic rings. The molecule has 1 aliphatic carbocycles. The lowest BCUT2D eigenvalue weighted by molar-refractivity contribution is 0.299. The molecule has 1 aromatic carbocycles. The molecule has 0 bridgehead atoms. The summed E-state index contributed by atoms with van der Waals surface area (Å²) in [4.78, 5) is 0. The lowest BCUT2D eigenvalue weighted by atomic mass is 9.84. The lowest BCUT2D eigenvalue weighted by Crippen LogP contribution is -2.33. The predicted octanol–water partition coefficient (Wildman–Crippen LogP) is 4.22. The summed E-state index contributed by atoms with van der Waals surface area (Å²) >= 11 is 0. The highest BCUT2D eigenvalue weighted by Crippen LogP contribution is 2.27. The minimum absolute atomic E-state index is 0.544. The van der Waals surface area contributed by atoms with Gasteiger partial charge in [-0.1, -0.05) is 56.2 Å². The smallest absolute Gasteiger partial charge is 0.0342 e. The summed E-state index contributed by atoms with van der Waals surface area (Å²) in [5.41, 5.74) is 2.26. The van der Waals surface area contributed by atoms with E-state index in [0.29, 0.717) is 6.04 Å². The summed E-state index contributed by atoms with van der Waals surface area (Å²) in [6.07, 6.45) is 6.96.